The molecule has 2 aromatic carbocycles. The number of hydrogen-bond acceptors (Lipinski definition) is 5. The van der Waals surface area contributed by atoms with Gasteiger partial charge < -0.3 is 9.29 Å². The van der Waals surface area contributed by atoms with Gasteiger partial charge >= 0.3 is 15.6 Å². The number of thioether (sulfide) groups is 1. The van der Waals surface area contributed by atoms with Gasteiger partial charge in [0.15, 0.2) is 0 Å². The van der Waals surface area contributed by atoms with Gasteiger partial charge in [-0.1, -0.05) is 56.3 Å². The third kappa shape index (κ3) is 5.94. The number of hydrogen-bond donors (Lipinski definition) is 1. The van der Waals surface area contributed by atoms with Crippen molar-refractivity contribution in [1.82, 2.24) is 0 Å². The van der Waals surface area contributed by atoms with Gasteiger partial charge in [-0.05, 0) is 84.9 Å². The zero-order chi connectivity index (χ0) is 26.8. The summed E-state index contributed by atoms with van der Waals surface area (Å²) in [6.07, 6.45) is 6.82. The van der Waals surface area contributed by atoms with Gasteiger partial charge in [0.05, 0.1) is 5.60 Å². The van der Waals surface area contributed by atoms with Crippen LogP contribution >= 0.6 is 11.8 Å². The smallest absolute Gasteiger partial charge is 0.386 e. The lowest BCUT2D eigenvalue weighted by molar-refractivity contribution is -0.0500. The van der Waals surface area contributed by atoms with E-state index in [2.05, 4.69) is 24.1 Å². The van der Waals surface area contributed by atoms with Gasteiger partial charge in [0.1, 0.15) is 5.75 Å². The van der Waals surface area contributed by atoms with Crippen molar-refractivity contribution in [2.45, 2.75) is 69.9 Å². The molecule has 0 amide bonds. The predicted molar refractivity (Wildman–Crippen MR) is 140 cm³/mol. The molecule has 0 radical (unpaired) electrons. The fraction of sp³-hybridized carbons (Fsp3) is 0.481. The molecule has 3 rings (SSSR count). The molecule has 1 aliphatic rings. The zero-order valence-corrected chi connectivity index (χ0v) is 22.6. The Morgan fingerprint density at radius 1 is 1.00 bits per heavy atom. The van der Waals surface area contributed by atoms with Crippen LogP contribution in [-0.4, -0.2) is 36.1 Å². The van der Waals surface area contributed by atoms with Crippen LogP contribution in [0, 0.1) is 13.8 Å². The lowest BCUT2D eigenvalue weighted by atomic mass is 9.70. The second-order valence-corrected chi connectivity index (χ2v) is 12.1. The molecule has 1 aliphatic heterocycles. The zero-order valence-electron chi connectivity index (χ0n) is 21.0. The minimum absolute atomic E-state index is 0.307. The van der Waals surface area contributed by atoms with Gasteiger partial charge in [-0.2, -0.15) is 33.4 Å². The van der Waals surface area contributed by atoms with Crippen LogP contribution in [0.3, 0.4) is 0 Å². The summed E-state index contributed by atoms with van der Waals surface area (Å²) in [6, 6.07) is 10.8. The molecule has 0 bridgehead atoms. The van der Waals surface area contributed by atoms with Crippen molar-refractivity contribution in [3.63, 3.8) is 0 Å². The van der Waals surface area contributed by atoms with Gasteiger partial charge in [0.25, 0.3) is 0 Å². The maximum atomic E-state index is 12.8. The monoisotopic (exact) mass is 542 g/mol. The summed E-state index contributed by atoms with van der Waals surface area (Å²) in [4.78, 5) is 0. The van der Waals surface area contributed by atoms with Crippen molar-refractivity contribution in [3.05, 3.63) is 70.3 Å². The van der Waals surface area contributed by atoms with E-state index < -0.39 is 26.6 Å². The van der Waals surface area contributed by atoms with Gasteiger partial charge in [0, 0.05) is 5.41 Å². The fourth-order valence-corrected chi connectivity index (χ4v) is 6.45. The first-order valence-electron chi connectivity index (χ1n) is 12.0. The van der Waals surface area contributed by atoms with Gasteiger partial charge in [-0.15, -0.1) is 0 Å². The third-order valence-electron chi connectivity index (χ3n) is 7.17. The molecule has 1 saturated heterocycles. The number of aryl methyl sites for hydroxylation is 2. The molecular weight excluding hydrogens is 509 g/mol. The van der Waals surface area contributed by atoms with Crippen LogP contribution in [0.15, 0.2) is 42.5 Å². The molecule has 198 valence electrons. The van der Waals surface area contributed by atoms with E-state index in [1.165, 1.54) is 13.0 Å². The Hall–Kier alpha value is -1.97. The van der Waals surface area contributed by atoms with Crippen molar-refractivity contribution < 1.29 is 30.9 Å². The van der Waals surface area contributed by atoms with E-state index in [9.17, 15) is 26.7 Å². The molecule has 9 heteroatoms. The van der Waals surface area contributed by atoms with Crippen LogP contribution < -0.4 is 4.18 Å². The molecule has 1 fully saturated rings. The Bertz CT molecular complexity index is 1210. The van der Waals surface area contributed by atoms with Gasteiger partial charge in [-0.3, -0.25) is 0 Å². The van der Waals surface area contributed by atoms with Crippen LogP contribution in [-0.2, 0) is 15.5 Å². The first-order valence-corrected chi connectivity index (χ1v) is 14.6. The molecule has 0 aliphatic carbocycles. The number of benzene rings is 2. The predicted octanol–water partition coefficient (Wildman–Crippen LogP) is 6.91. The summed E-state index contributed by atoms with van der Waals surface area (Å²) in [7, 11) is -5.74. The van der Waals surface area contributed by atoms with E-state index >= 15 is 0 Å². The molecule has 4 nitrogen and oxygen atoms in total. The maximum Gasteiger partial charge on any atom is 0.534 e. The summed E-state index contributed by atoms with van der Waals surface area (Å²) in [5.41, 5.74) is -2.37. The molecule has 2 aromatic rings. The summed E-state index contributed by atoms with van der Waals surface area (Å²) in [6.45, 7) is 7.66. The highest BCUT2D eigenvalue weighted by molar-refractivity contribution is 7.99. The van der Waals surface area contributed by atoms with Crippen molar-refractivity contribution in [3.8, 4) is 5.75 Å². The number of aliphatic hydroxyl groups is 1. The second kappa shape index (κ2) is 10.8. The van der Waals surface area contributed by atoms with Crippen LogP contribution in [0.25, 0.3) is 6.08 Å². The van der Waals surface area contributed by atoms with E-state index in [0.717, 1.165) is 59.4 Å². The van der Waals surface area contributed by atoms with E-state index in [4.69, 9.17) is 0 Å². The Labute approximate surface area is 216 Å². The van der Waals surface area contributed by atoms with Crippen LogP contribution in [0.1, 0.15) is 67.3 Å². The highest BCUT2D eigenvalue weighted by Crippen LogP contribution is 2.41. The van der Waals surface area contributed by atoms with Crippen molar-refractivity contribution in [2.24, 2.45) is 0 Å². The summed E-state index contributed by atoms with van der Waals surface area (Å²) in [5, 5.41) is 10.8. The quantitative estimate of drug-likeness (QED) is 0.290. The molecule has 0 aromatic heterocycles. The summed E-state index contributed by atoms with van der Waals surface area (Å²) >= 11 is 1.85. The third-order valence-corrected chi connectivity index (χ3v) is 9.12. The molecule has 36 heavy (non-hydrogen) atoms. The number of alkyl halides is 3. The first-order chi connectivity index (χ1) is 16.8. The number of halogens is 3. The Morgan fingerprint density at radius 3 is 2.06 bits per heavy atom. The molecule has 0 atom stereocenters. The molecule has 0 saturated carbocycles. The molecule has 0 unspecified atom stereocenters. The maximum absolute atomic E-state index is 12.8. The Balaban J connectivity index is 1.94. The molecule has 1 N–H and O–H groups in total. The standard InChI is InChI=1S/C27H33F3O4S2/c1-5-26(6-2,23-9-10-24(20(4)18-23)34-36(32,33)27(28,29)30)22-8-7-21(19(3)17-22)11-12-25(31)13-15-35-16-14-25/h7-12,17-18,31H,5-6,13-16H2,1-4H3. The van der Waals surface area contributed by atoms with Crippen molar-refractivity contribution >= 4 is 28.0 Å². The highest BCUT2D eigenvalue weighted by Gasteiger charge is 2.48. The minimum atomic E-state index is -5.74. The number of rotatable bonds is 8. The van der Waals surface area contributed by atoms with Crippen LogP contribution in [0.4, 0.5) is 13.2 Å². The molecule has 1 heterocycles. The van der Waals surface area contributed by atoms with Crippen molar-refractivity contribution in [1.29, 1.82) is 0 Å². The SMILES string of the molecule is CCC(CC)(c1ccc(C=CC2(O)CCSCC2)c(C)c1)c1ccc(OS(=O)(=O)C(F)(F)F)c(C)c1. The van der Waals surface area contributed by atoms with E-state index in [0.29, 0.717) is 5.56 Å². The molecule has 0 spiro atoms. The average Bonchev–Trinajstić information content (AvgIpc) is 2.81. The second-order valence-electron chi connectivity index (χ2n) is 9.37. The fourth-order valence-electron chi connectivity index (χ4n) is 4.74. The lowest BCUT2D eigenvalue weighted by Crippen LogP contribution is -2.30. The average molecular weight is 543 g/mol. The Morgan fingerprint density at radius 2 is 1.56 bits per heavy atom. The highest BCUT2D eigenvalue weighted by atomic mass is 32.2. The normalized spacial score (nSPS) is 16.9. The lowest BCUT2D eigenvalue weighted by Gasteiger charge is -2.34. The van der Waals surface area contributed by atoms with Crippen LogP contribution in [0.2, 0.25) is 0 Å². The first kappa shape index (κ1) is 28.6. The minimum Gasteiger partial charge on any atom is -0.386 e. The van der Waals surface area contributed by atoms with E-state index in [-0.39, 0.29) is 5.75 Å². The van der Waals surface area contributed by atoms with Gasteiger partial charge in [0.2, 0.25) is 0 Å². The molecular formula is C27H33F3O4S2. The van der Waals surface area contributed by atoms with Crippen LogP contribution in [0.5, 0.6) is 5.75 Å². The summed E-state index contributed by atoms with van der Waals surface area (Å²) in [5.74, 6) is 1.55. The van der Waals surface area contributed by atoms with E-state index in [1.807, 2.05) is 43.0 Å². The largest absolute Gasteiger partial charge is 0.534 e. The van der Waals surface area contributed by atoms with E-state index in [1.54, 1.807) is 12.1 Å². The summed E-state index contributed by atoms with van der Waals surface area (Å²) < 4.78 is 65.6. The van der Waals surface area contributed by atoms with Crippen molar-refractivity contribution in [2.75, 3.05) is 11.5 Å². The topological polar surface area (TPSA) is 63.6 Å². The van der Waals surface area contributed by atoms with Gasteiger partial charge in [-0.25, -0.2) is 0 Å². The Kier molecular flexibility index (Phi) is 8.57.